The van der Waals surface area contributed by atoms with Crippen molar-refractivity contribution in [1.29, 1.82) is 0 Å². The smallest absolute Gasteiger partial charge is 0.243 e. The SMILES string of the molecule is NC(=O)C1CCC(NS(=O)(=O)c2cn[nH]c2)CC1. The minimum atomic E-state index is -3.51. The maximum absolute atomic E-state index is 11.9. The standard InChI is InChI=1S/C10H16N4O3S/c11-10(15)7-1-3-8(4-2-7)14-18(16,17)9-5-12-13-6-9/h5-8,14H,1-4H2,(H2,11,15)(H,12,13). The first-order valence-corrected chi connectivity index (χ1v) is 7.28. The molecule has 0 spiro atoms. The van der Waals surface area contributed by atoms with Crippen LogP contribution in [-0.2, 0) is 14.8 Å². The normalized spacial score (nSPS) is 24.9. The molecular formula is C10H16N4O3S. The van der Waals surface area contributed by atoms with Crippen molar-refractivity contribution < 1.29 is 13.2 Å². The van der Waals surface area contributed by atoms with E-state index in [2.05, 4.69) is 14.9 Å². The maximum Gasteiger partial charge on any atom is 0.243 e. The predicted octanol–water partition coefficient (Wildman–Crippen LogP) is -0.268. The minimum absolute atomic E-state index is 0.125. The Balaban J connectivity index is 1.94. The number of primary amides is 1. The predicted molar refractivity (Wildman–Crippen MR) is 63.8 cm³/mol. The van der Waals surface area contributed by atoms with Crippen molar-refractivity contribution in [3.8, 4) is 0 Å². The minimum Gasteiger partial charge on any atom is -0.369 e. The Labute approximate surface area is 105 Å². The van der Waals surface area contributed by atoms with Crippen molar-refractivity contribution in [3.05, 3.63) is 12.4 Å². The van der Waals surface area contributed by atoms with Gasteiger partial charge in [0, 0.05) is 18.2 Å². The summed E-state index contributed by atoms with van der Waals surface area (Å²) in [5.74, 6) is -0.425. The first kappa shape index (κ1) is 13.0. The highest BCUT2D eigenvalue weighted by Gasteiger charge is 2.28. The first-order valence-electron chi connectivity index (χ1n) is 5.79. The van der Waals surface area contributed by atoms with Crippen LogP contribution in [0.5, 0.6) is 0 Å². The number of rotatable bonds is 4. The van der Waals surface area contributed by atoms with Gasteiger partial charge in [0.15, 0.2) is 0 Å². The van der Waals surface area contributed by atoms with Gasteiger partial charge in [0.25, 0.3) is 0 Å². The second-order valence-corrected chi connectivity index (χ2v) is 6.22. The van der Waals surface area contributed by atoms with Crippen molar-refractivity contribution in [2.45, 2.75) is 36.6 Å². The topological polar surface area (TPSA) is 118 Å². The van der Waals surface area contributed by atoms with E-state index in [-0.39, 0.29) is 22.8 Å². The average Bonchev–Trinajstić information content (AvgIpc) is 2.83. The van der Waals surface area contributed by atoms with Crippen LogP contribution >= 0.6 is 0 Å². The molecule has 1 fully saturated rings. The molecule has 1 amide bonds. The van der Waals surface area contributed by atoms with E-state index in [4.69, 9.17) is 5.73 Å². The fourth-order valence-corrected chi connectivity index (χ4v) is 3.38. The molecule has 0 radical (unpaired) electrons. The number of aromatic amines is 1. The van der Waals surface area contributed by atoms with Crippen molar-refractivity contribution in [3.63, 3.8) is 0 Å². The Morgan fingerprint density at radius 1 is 1.39 bits per heavy atom. The second-order valence-electron chi connectivity index (χ2n) is 4.51. The molecule has 7 nitrogen and oxygen atoms in total. The summed E-state index contributed by atoms with van der Waals surface area (Å²) in [5.41, 5.74) is 5.23. The molecule has 1 aromatic rings. The number of sulfonamides is 1. The Hall–Kier alpha value is -1.41. The lowest BCUT2D eigenvalue weighted by Gasteiger charge is -2.26. The quantitative estimate of drug-likeness (QED) is 0.699. The molecule has 0 aromatic carbocycles. The Morgan fingerprint density at radius 3 is 2.56 bits per heavy atom. The summed E-state index contributed by atoms with van der Waals surface area (Å²) in [6.07, 6.45) is 5.12. The van der Waals surface area contributed by atoms with Gasteiger partial charge in [-0.25, -0.2) is 13.1 Å². The van der Waals surface area contributed by atoms with Crippen LogP contribution in [0.25, 0.3) is 0 Å². The lowest BCUT2D eigenvalue weighted by Crippen LogP contribution is -2.39. The zero-order valence-electron chi connectivity index (χ0n) is 9.80. The molecule has 1 aromatic heterocycles. The number of hydrogen-bond acceptors (Lipinski definition) is 4. The lowest BCUT2D eigenvalue weighted by atomic mass is 9.86. The molecule has 18 heavy (non-hydrogen) atoms. The molecule has 4 N–H and O–H groups in total. The van der Waals surface area contributed by atoms with E-state index in [0.29, 0.717) is 25.7 Å². The van der Waals surface area contributed by atoms with E-state index >= 15 is 0 Å². The van der Waals surface area contributed by atoms with Crippen molar-refractivity contribution in [2.75, 3.05) is 0 Å². The zero-order valence-corrected chi connectivity index (χ0v) is 10.6. The Kier molecular flexibility index (Phi) is 3.67. The Morgan fingerprint density at radius 2 is 2.06 bits per heavy atom. The lowest BCUT2D eigenvalue weighted by molar-refractivity contribution is -0.122. The highest BCUT2D eigenvalue weighted by Crippen LogP contribution is 2.25. The largest absolute Gasteiger partial charge is 0.369 e. The summed E-state index contributed by atoms with van der Waals surface area (Å²) in [7, 11) is -3.51. The molecule has 1 heterocycles. The monoisotopic (exact) mass is 272 g/mol. The summed E-state index contributed by atoms with van der Waals surface area (Å²) >= 11 is 0. The van der Waals surface area contributed by atoms with Crippen LogP contribution < -0.4 is 10.5 Å². The molecule has 1 aliphatic carbocycles. The van der Waals surface area contributed by atoms with Gasteiger partial charge in [-0.15, -0.1) is 0 Å². The number of nitrogens with one attached hydrogen (secondary N) is 2. The van der Waals surface area contributed by atoms with Crippen molar-refractivity contribution >= 4 is 15.9 Å². The van der Waals surface area contributed by atoms with E-state index in [1.807, 2.05) is 0 Å². The van der Waals surface area contributed by atoms with E-state index in [9.17, 15) is 13.2 Å². The fraction of sp³-hybridized carbons (Fsp3) is 0.600. The number of carbonyl (C=O) groups excluding carboxylic acids is 1. The summed E-state index contributed by atoms with van der Waals surface area (Å²) in [4.78, 5) is 11.1. The van der Waals surface area contributed by atoms with Gasteiger partial charge in [0.1, 0.15) is 4.90 Å². The number of aromatic nitrogens is 2. The highest BCUT2D eigenvalue weighted by molar-refractivity contribution is 7.89. The summed E-state index contributed by atoms with van der Waals surface area (Å²) in [6, 6.07) is -0.138. The van der Waals surface area contributed by atoms with Gasteiger partial charge in [-0.2, -0.15) is 5.10 Å². The van der Waals surface area contributed by atoms with Crippen LogP contribution in [0.4, 0.5) is 0 Å². The molecule has 0 saturated heterocycles. The zero-order chi connectivity index (χ0) is 13.2. The third-order valence-electron chi connectivity index (χ3n) is 3.23. The van der Waals surface area contributed by atoms with E-state index in [1.165, 1.54) is 12.4 Å². The van der Waals surface area contributed by atoms with E-state index in [0.717, 1.165) is 0 Å². The van der Waals surface area contributed by atoms with Gasteiger partial charge in [-0.1, -0.05) is 0 Å². The number of amides is 1. The Bertz CT molecular complexity index is 503. The fourth-order valence-electron chi connectivity index (χ4n) is 2.17. The molecule has 100 valence electrons. The molecule has 0 unspecified atom stereocenters. The van der Waals surface area contributed by atoms with Gasteiger partial charge >= 0.3 is 0 Å². The van der Waals surface area contributed by atoms with E-state index in [1.54, 1.807) is 0 Å². The number of H-pyrrole nitrogens is 1. The molecule has 1 saturated carbocycles. The van der Waals surface area contributed by atoms with Crippen LogP contribution in [-0.4, -0.2) is 30.6 Å². The summed E-state index contributed by atoms with van der Waals surface area (Å²) in [6.45, 7) is 0. The van der Waals surface area contributed by atoms with E-state index < -0.39 is 10.0 Å². The highest BCUT2D eigenvalue weighted by atomic mass is 32.2. The first-order chi connectivity index (χ1) is 8.49. The maximum atomic E-state index is 11.9. The number of carbonyl (C=O) groups is 1. The van der Waals surface area contributed by atoms with Gasteiger partial charge < -0.3 is 5.73 Å². The van der Waals surface area contributed by atoms with Gasteiger partial charge in [0.2, 0.25) is 15.9 Å². The molecule has 1 aliphatic rings. The summed E-state index contributed by atoms with van der Waals surface area (Å²) in [5, 5.41) is 6.08. The van der Waals surface area contributed by atoms with Crippen LogP contribution in [0.2, 0.25) is 0 Å². The third kappa shape index (κ3) is 2.88. The third-order valence-corrected chi connectivity index (χ3v) is 4.72. The van der Waals surface area contributed by atoms with Crippen molar-refractivity contribution in [2.24, 2.45) is 11.7 Å². The molecule has 2 rings (SSSR count). The number of nitrogens with zero attached hydrogens (tertiary/aromatic N) is 1. The molecule has 0 aliphatic heterocycles. The number of hydrogen-bond donors (Lipinski definition) is 3. The van der Waals surface area contributed by atoms with Crippen LogP contribution in [0.3, 0.4) is 0 Å². The molecule has 0 atom stereocenters. The van der Waals surface area contributed by atoms with Crippen LogP contribution in [0, 0.1) is 5.92 Å². The summed E-state index contributed by atoms with van der Waals surface area (Å²) < 4.78 is 26.4. The van der Waals surface area contributed by atoms with Crippen molar-refractivity contribution in [1.82, 2.24) is 14.9 Å². The molecule has 0 bridgehead atoms. The van der Waals surface area contributed by atoms with Crippen LogP contribution in [0.1, 0.15) is 25.7 Å². The molecular weight excluding hydrogens is 256 g/mol. The average molecular weight is 272 g/mol. The van der Waals surface area contributed by atoms with Gasteiger partial charge in [0.05, 0.1) is 6.20 Å². The van der Waals surface area contributed by atoms with Gasteiger partial charge in [-0.05, 0) is 25.7 Å². The van der Waals surface area contributed by atoms with Crippen LogP contribution in [0.15, 0.2) is 17.3 Å². The van der Waals surface area contributed by atoms with Gasteiger partial charge in [-0.3, -0.25) is 9.89 Å². The second kappa shape index (κ2) is 5.07. The number of nitrogens with two attached hydrogens (primary N) is 1. The molecule has 8 heteroatoms.